The molecule has 0 fully saturated rings. The van der Waals surface area contributed by atoms with Crippen molar-refractivity contribution in [2.45, 2.75) is 20.4 Å². The molecule has 1 aromatic heterocycles. The maximum atomic E-state index is 13.5. The first-order chi connectivity index (χ1) is 10.0. The van der Waals surface area contributed by atoms with E-state index < -0.39 is 5.82 Å². The summed E-state index contributed by atoms with van der Waals surface area (Å²) >= 11 is 8.99. The fourth-order valence-corrected chi connectivity index (χ4v) is 2.49. The van der Waals surface area contributed by atoms with E-state index in [9.17, 15) is 4.39 Å². The molecule has 3 nitrogen and oxygen atoms in total. The SMILES string of the molecule is CCNCc1ccc(Oc2cc(F)c(Cl)cc2Br)nc1C. The number of ether oxygens (including phenoxy) is 1. The Labute approximate surface area is 136 Å². The van der Waals surface area contributed by atoms with Gasteiger partial charge in [0.05, 0.1) is 9.50 Å². The van der Waals surface area contributed by atoms with Crippen molar-refractivity contribution < 1.29 is 9.13 Å². The van der Waals surface area contributed by atoms with E-state index in [0.717, 1.165) is 24.3 Å². The number of pyridine rings is 1. The summed E-state index contributed by atoms with van der Waals surface area (Å²) in [4.78, 5) is 4.38. The first kappa shape index (κ1) is 16.2. The van der Waals surface area contributed by atoms with Crippen LogP contribution in [0.3, 0.4) is 0 Å². The van der Waals surface area contributed by atoms with E-state index in [1.807, 2.05) is 19.9 Å². The molecule has 1 aromatic carbocycles. The maximum absolute atomic E-state index is 13.5. The first-order valence-electron chi connectivity index (χ1n) is 6.51. The lowest BCUT2D eigenvalue weighted by Gasteiger charge is -2.11. The molecule has 112 valence electrons. The third-order valence-electron chi connectivity index (χ3n) is 2.92. The van der Waals surface area contributed by atoms with Gasteiger partial charge in [-0.1, -0.05) is 24.6 Å². The Balaban J connectivity index is 2.20. The summed E-state index contributed by atoms with van der Waals surface area (Å²) in [7, 11) is 0. The molecule has 0 saturated carbocycles. The van der Waals surface area contributed by atoms with Crippen LogP contribution in [-0.2, 0) is 6.54 Å². The van der Waals surface area contributed by atoms with Crippen LogP contribution < -0.4 is 10.1 Å². The summed E-state index contributed by atoms with van der Waals surface area (Å²) in [5.74, 6) is 0.216. The number of rotatable bonds is 5. The second-order valence-electron chi connectivity index (χ2n) is 4.47. The lowest BCUT2D eigenvalue weighted by Crippen LogP contribution is -2.13. The Hall–Kier alpha value is -1.17. The van der Waals surface area contributed by atoms with Gasteiger partial charge in [0.1, 0.15) is 11.6 Å². The Morgan fingerprint density at radius 2 is 2.14 bits per heavy atom. The van der Waals surface area contributed by atoms with Crippen LogP contribution in [0, 0.1) is 12.7 Å². The van der Waals surface area contributed by atoms with Crippen LogP contribution in [0.25, 0.3) is 0 Å². The molecule has 0 atom stereocenters. The van der Waals surface area contributed by atoms with Crippen molar-refractivity contribution in [3.8, 4) is 11.6 Å². The average Bonchev–Trinajstić information content (AvgIpc) is 2.44. The minimum atomic E-state index is -0.532. The fourth-order valence-electron chi connectivity index (χ4n) is 1.77. The van der Waals surface area contributed by atoms with E-state index in [2.05, 4.69) is 26.2 Å². The van der Waals surface area contributed by atoms with Crippen molar-refractivity contribution in [3.05, 3.63) is 50.8 Å². The summed E-state index contributed by atoms with van der Waals surface area (Å²) in [5, 5.41) is 3.29. The molecule has 2 rings (SSSR count). The summed E-state index contributed by atoms with van der Waals surface area (Å²) in [6, 6.07) is 6.40. The average molecular weight is 374 g/mol. The van der Waals surface area contributed by atoms with Crippen LogP contribution in [0.15, 0.2) is 28.7 Å². The molecule has 1 N–H and O–H groups in total. The van der Waals surface area contributed by atoms with Crippen LogP contribution in [-0.4, -0.2) is 11.5 Å². The van der Waals surface area contributed by atoms with Crippen LogP contribution >= 0.6 is 27.5 Å². The number of halogens is 3. The zero-order valence-corrected chi connectivity index (χ0v) is 14.1. The molecule has 0 bridgehead atoms. The molecular formula is C15H15BrClFN2O. The van der Waals surface area contributed by atoms with E-state index in [0.29, 0.717) is 16.1 Å². The van der Waals surface area contributed by atoms with Crippen LogP contribution in [0.4, 0.5) is 4.39 Å². The number of benzene rings is 1. The molecule has 21 heavy (non-hydrogen) atoms. The quantitative estimate of drug-likeness (QED) is 0.761. The van der Waals surface area contributed by atoms with Gasteiger partial charge in [0.2, 0.25) is 5.88 Å². The first-order valence-corrected chi connectivity index (χ1v) is 7.68. The zero-order chi connectivity index (χ0) is 15.4. The van der Waals surface area contributed by atoms with E-state index in [1.165, 1.54) is 12.1 Å². The van der Waals surface area contributed by atoms with E-state index in [4.69, 9.17) is 16.3 Å². The zero-order valence-electron chi connectivity index (χ0n) is 11.7. The largest absolute Gasteiger partial charge is 0.438 e. The number of aryl methyl sites for hydroxylation is 1. The second kappa shape index (κ2) is 7.20. The van der Waals surface area contributed by atoms with Crippen LogP contribution in [0.2, 0.25) is 5.02 Å². The predicted octanol–water partition coefficient (Wildman–Crippen LogP) is 4.85. The Bertz CT molecular complexity index is 652. The molecule has 0 aliphatic heterocycles. The van der Waals surface area contributed by atoms with Gasteiger partial charge < -0.3 is 10.1 Å². The molecule has 1 heterocycles. The Morgan fingerprint density at radius 1 is 1.38 bits per heavy atom. The predicted molar refractivity (Wildman–Crippen MR) is 85.5 cm³/mol. The highest BCUT2D eigenvalue weighted by molar-refractivity contribution is 9.10. The van der Waals surface area contributed by atoms with E-state index in [-0.39, 0.29) is 5.02 Å². The summed E-state index contributed by atoms with van der Waals surface area (Å²) in [6.45, 7) is 5.62. The van der Waals surface area contributed by atoms with Gasteiger partial charge in [-0.05, 0) is 41.0 Å². The van der Waals surface area contributed by atoms with Gasteiger partial charge >= 0.3 is 0 Å². The van der Waals surface area contributed by atoms with Gasteiger partial charge in [-0.3, -0.25) is 0 Å². The monoisotopic (exact) mass is 372 g/mol. The molecule has 2 aromatic rings. The van der Waals surface area contributed by atoms with Crippen molar-refractivity contribution in [1.29, 1.82) is 0 Å². The van der Waals surface area contributed by atoms with Gasteiger partial charge in [0, 0.05) is 24.4 Å². The molecular weight excluding hydrogens is 359 g/mol. The lowest BCUT2D eigenvalue weighted by molar-refractivity contribution is 0.453. The normalized spacial score (nSPS) is 10.7. The highest BCUT2D eigenvalue weighted by atomic mass is 79.9. The molecule has 0 saturated heterocycles. The van der Waals surface area contributed by atoms with Crippen molar-refractivity contribution in [2.75, 3.05) is 6.54 Å². The summed E-state index contributed by atoms with van der Waals surface area (Å²) in [6.07, 6.45) is 0. The standard InChI is InChI=1S/C15H15BrClFN2O/c1-3-19-8-10-4-5-15(20-9(10)2)21-14-7-13(18)12(17)6-11(14)16/h4-7,19H,3,8H2,1-2H3. The second-order valence-corrected chi connectivity index (χ2v) is 5.73. The third-order valence-corrected chi connectivity index (χ3v) is 3.83. The van der Waals surface area contributed by atoms with Gasteiger partial charge in [-0.15, -0.1) is 0 Å². The van der Waals surface area contributed by atoms with Gasteiger partial charge in [-0.25, -0.2) is 9.37 Å². The highest BCUT2D eigenvalue weighted by Gasteiger charge is 2.10. The van der Waals surface area contributed by atoms with E-state index >= 15 is 0 Å². The number of hydrogen-bond donors (Lipinski definition) is 1. The highest BCUT2D eigenvalue weighted by Crippen LogP contribution is 2.33. The van der Waals surface area contributed by atoms with Gasteiger partial charge in [0.25, 0.3) is 0 Å². The smallest absolute Gasteiger partial charge is 0.219 e. The number of aromatic nitrogens is 1. The molecule has 0 spiro atoms. The Morgan fingerprint density at radius 3 is 2.81 bits per heavy atom. The fraction of sp³-hybridized carbons (Fsp3) is 0.267. The van der Waals surface area contributed by atoms with Crippen molar-refractivity contribution in [1.82, 2.24) is 10.3 Å². The minimum Gasteiger partial charge on any atom is -0.438 e. The van der Waals surface area contributed by atoms with Crippen LogP contribution in [0.1, 0.15) is 18.2 Å². The van der Waals surface area contributed by atoms with Gasteiger partial charge in [-0.2, -0.15) is 0 Å². The minimum absolute atomic E-state index is 0.0411. The topological polar surface area (TPSA) is 34.1 Å². The summed E-state index contributed by atoms with van der Waals surface area (Å²) < 4.78 is 19.7. The van der Waals surface area contributed by atoms with Gasteiger partial charge in [0.15, 0.2) is 0 Å². The molecule has 6 heteroatoms. The molecule has 0 aliphatic carbocycles. The Kier molecular flexibility index (Phi) is 5.56. The number of nitrogens with zero attached hydrogens (tertiary/aromatic N) is 1. The molecule has 0 unspecified atom stereocenters. The lowest BCUT2D eigenvalue weighted by atomic mass is 10.2. The molecule has 0 amide bonds. The van der Waals surface area contributed by atoms with Crippen molar-refractivity contribution in [2.24, 2.45) is 0 Å². The summed E-state index contributed by atoms with van der Waals surface area (Å²) in [5.41, 5.74) is 1.98. The third kappa shape index (κ3) is 4.15. The number of nitrogens with one attached hydrogen (secondary N) is 1. The van der Waals surface area contributed by atoms with Crippen molar-refractivity contribution >= 4 is 27.5 Å². The molecule has 0 aliphatic rings. The van der Waals surface area contributed by atoms with E-state index in [1.54, 1.807) is 6.07 Å². The van der Waals surface area contributed by atoms with Crippen molar-refractivity contribution in [3.63, 3.8) is 0 Å². The maximum Gasteiger partial charge on any atom is 0.219 e. The van der Waals surface area contributed by atoms with Crippen LogP contribution in [0.5, 0.6) is 11.6 Å². The molecule has 0 radical (unpaired) electrons. The number of hydrogen-bond acceptors (Lipinski definition) is 3.